The highest BCUT2D eigenvalue weighted by atomic mass is 16.6. The molecule has 4 aliphatic heterocycles. The quantitative estimate of drug-likeness (QED) is 0.0466. The molecule has 0 radical (unpaired) electrons. The lowest BCUT2D eigenvalue weighted by Crippen LogP contribution is -2.49. The van der Waals surface area contributed by atoms with Crippen molar-refractivity contribution in [3.05, 3.63) is 88.2 Å². The molecule has 412 valence electrons. The first-order valence-electron chi connectivity index (χ1n) is 23.6. The van der Waals surface area contributed by atoms with Crippen LogP contribution in [0.5, 0.6) is 0 Å². The number of hydrogen-bond acceptors (Lipinski definition) is 24. The van der Waals surface area contributed by atoms with Crippen LogP contribution < -0.4 is 22.5 Å². The Morgan fingerprint density at radius 3 is 1.09 bits per heavy atom. The number of nitrogens with one attached hydrogen (secondary N) is 2. The van der Waals surface area contributed by atoms with Gasteiger partial charge in [0, 0.05) is 55.4 Å². The first kappa shape index (κ1) is 57.8. The maximum atomic E-state index is 13.3. The molecule has 6 rings (SSSR count). The number of aromatic nitrogens is 8. The summed E-state index contributed by atoms with van der Waals surface area (Å²) in [5.74, 6) is -7.66. The normalized spacial score (nSPS) is 13.7. The molecule has 4 aliphatic rings. The molecule has 2 aromatic carbocycles. The van der Waals surface area contributed by atoms with E-state index in [1.807, 2.05) is 0 Å². The minimum absolute atomic E-state index is 0.157. The average Bonchev–Trinajstić information content (AvgIpc) is 3.48. The van der Waals surface area contributed by atoms with Crippen molar-refractivity contribution in [3.63, 3.8) is 0 Å². The van der Waals surface area contributed by atoms with Crippen LogP contribution in [0.4, 0.5) is 0 Å². The Morgan fingerprint density at radius 1 is 0.462 bits per heavy atom. The van der Waals surface area contributed by atoms with E-state index in [9.17, 15) is 57.5 Å². The van der Waals surface area contributed by atoms with Crippen molar-refractivity contribution in [2.24, 2.45) is 0 Å². The number of aryl methyl sites for hydroxylation is 2. The number of rotatable bonds is 20. The monoisotopic (exact) mass is 1080 g/mol. The highest BCUT2D eigenvalue weighted by molar-refractivity contribution is 5.88. The van der Waals surface area contributed by atoms with Gasteiger partial charge in [0.15, 0.2) is 59.7 Å². The molecule has 0 unspecified atom stereocenters. The van der Waals surface area contributed by atoms with Gasteiger partial charge >= 0.3 is 59.1 Å². The number of benzene rings is 2. The number of fused-ring (bicyclic) bond motifs is 4. The van der Waals surface area contributed by atoms with Crippen LogP contribution in [-0.4, -0.2) is 137 Å². The van der Waals surface area contributed by atoms with Crippen molar-refractivity contribution < 1.29 is 76.3 Å². The molecule has 0 aliphatic carbocycles. The SMILES string of the molecule is CC(=O)OC[C@@H](OC(C)=O)[C@@H](OC(C)=O)[C@H](Cn1c2nc(=O)[nH]c(=O)c-2nc2cc(C)c(/C=C/c3cc4c(cc3C)nc3c(=O)[nH]c(=O)nc-3n4C[C@H](OC(C)=O)[C@H](OC(C)=O)[C@@H](COC(C)=O)OC(C)=O)cc21)OC(C)=O. The standard InChI is InChI=1S/C50H52N8O20/c1-21-13-33-35(57(45-41(51-33)47(67)55-49(69)53-45)17-37(73-25(5)61)43(77-29(9)65)39(75-27(7)63)19-71-23(3)59)15-31(21)11-12-32-16-36-34(14-22(32)2)52-42-46(54-50(70)56-48(42)68)58(36)18-38(74-26(6)62)44(78-30(10)66)40(76-28(8)64)20-72-24(4)60/h11-16,37-40,43-44H,17-20H2,1-10H3,(H,55,67,69)(H,56,68,70)/b12-11+/t37-,38-,39+,40+,43-,44-/m0/s1. The van der Waals surface area contributed by atoms with Gasteiger partial charge in [-0.3, -0.25) is 57.9 Å². The predicted molar refractivity (Wildman–Crippen MR) is 267 cm³/mol. The third-order valence-electron chi connectivity index (χ3n) is 11.4. The van der Waals surface area contributed by atoms with Crippen molar-refractivity contribution in [3.8, 4) is 23.0 Å². The Balaban J connectivity index is 1.57. The van der Waals surface area contributed by atoms with Crippen LogP contribution in [0.1, 0.15) is 77.6 Å². The van der Waals surface area contributed by atoms with Crippen LogP contribution in [0.2, 0.25) is 0 Å². The topological polar surface area (TPSA) is 372 Å². The zero-order valence-electron chi connectivity index (χ0n) is 43.6. The molecule has 0 fully saturated rings. The van der Waals surface area contributed by atoms with Gasteiger partial charge in [-0.2, -0.15) is 9.97 Å². The highest BCUT2D eigenvalue weighted by Crippen LogP contribution is 2.31. The second-order valence-corrected chi connectivity index (χ2v) is 17.6. The second-order valence-electron chi connectivity index (χ2n) is 17.6. The molecule has 0 saturated heterocycles. The summed E-state index contributed by atoms with van der Waals surface area (Å²) in [7, 11) is 0. The van der Waals surface area contributed by atoms with Gasteiger partial charge < -0.3 is 47.0 Å². The minimum Gasteiger partial charge on any atom is -0.462 e. The summed E-state index contributed by atoms with van der Waals surface area (Å²) >= 11 is 0. The number of H-pyrrole nitrogens is 2. The smallest absolute Gasteiger partial charge is 0.349 e. The third kappa shape index (κ3) is 14.2. The lowest BCUT2D eigenvalue weighted by Gasteiger charge is -2.32. The summed E-state index contributed by atoms with van der Waals surface area (Å²) in [6.45, 7) is 9.38. The zero-order valence-corrected chi connectivity index (χ0v) is 43.6. The summed E-state index contributed by atoms with van der Waals surface area (Å²) in [6.07, 6.45) is -6.35. The highest BCUT2D eigenvalue weighted by Gasteiger charge is 2.41. The number of hydrogen-bond donors (Lipinski definition) is 2. The van der Waals surface area contributed by atoms with E-state index >= 15 is 0 Å². The van der Waals surface area contributed by atoms with Crippen molar-refractivity contribution >= 4 is 82.0 Å². The van der Waals surface area contributed by atoms with E-state index in [4.69, 9.17) is 37.9 Å². The fourth-order valence-electron chi connectivity index (χ4n) is 8.42. The fourth-order valence-corrected chi connectivity index (χ4v) is 8.42. The molecule has 0 aromatic heterocycles. The van der Waals surface area contributed by atoms with Gasteiger partial charge in [0.2, 0.25) is 0 Å². The van der Waals surface area contributed by atoms with Gasteiger partial charge in [0.25, 0.3) is 11.1 Å². The molecule has 0 spiro atoms. The van der Waals surface area contributed by atoms with E-state index in [1.54, 1.807) is 50.3 Å². The largest absolute Gasteiger partial charge is 0.462 e. The Morgan fingerprint density at radius 2 is 0.782 bits per heavy atom. The lowest BCUT2D eigenvalue weighted by molar-refractivity contribution is -0.190. The second kappa shape index (κ2) is 24.4. The van der Waals surface area contributed by atoms with Gasteiger partial charge in [-0.25, -0.2) is 19.6 Å². The van der Waals surface area contributed by atoms with E-state index in [1.165, 1.54) is 9.13 Å². The number of carbonyl (C=O) groups excluding carboxylic acids is 8. The average molecular weight is 1090 g/mol. The predicted octanol–water partition coefficient (Wildman–Crippen LogP) is 0.986. The van der Waals surface area contributed by atoms with Gasteiger partial charge in [0.1, 0.15) is 13.2 Å². The number of ether oxygens (including phenoxy) is 8. The van der Waals surface area contributed by atoms with Gasteiger partial charge in [-0.05, 0) is 60.4 Å². The Bertz CT molecular complexity index is 3360. The molecule has 4 heterocycles. The van der Waals surface area contributed by atoms with Gasteiger partial charge in [-0.15, -0.1) is 0 Å². The number of esters is 8. The Kier molecular flexibility index (Phi) is 18.1. The van der Waals surface area contributed by atoms with Crippen LogP contribution in [0.3, 0.4) is 0 Å². The van der Waals surface area contributed by atoms with Crippen LogP contribution >= 0.6 is 0 Å². The molecular weight excluding hydrogens is 1030 g/mol. The van der Waals surface area contributed by atoms with Crippen LogP contribution in [0.15, 0.2) is 43.4 Å². The molecule has 0 amide bonds. The zero-order chi connectivity index (χ0) is 57.4. The lowest BCUT2D eigenvalue weighted by atomic mass is 10.0. The first-order valence-corrected chi connectivity index (χ1v) is 23.6. The van der Waals surface area contributed by atoms with Crippen molar-refractivity contribution in [1.29, 1.82) is 0 Å². The maximum Gasteiger partial charge on any atom is 0.349 e. The molecule has 2 N–H and O–H groups in total. The van der Waals surface area contributed by atoms with Crippen LogP contribution in [0, 0.1) is 13.8 Å². The number of aromatic amines is 2. The molecular formula is C50H52N8O20. The molecule has 78 heavy (non-hydrogen) atoms. The van der Waals surface area contributed by atoms with Crippen molar-refractivity contribution in [2.75, 3.05) is 13.2 Å². The molecule has 28 heteroatoms. The van der Waals surface area contributed by atoms with E-state index in [0.29, 0.717) is 22.3 Å². The summed E-state index contributed by atoms with van der Waals surface area (Å²) in [5, 5.41) is 0. The summed E-state index contributed by atoms with van der Waals surface area (Å²) < 4.78 is 46.2. The van der Waals surface area contributed by atoms with E-state index in [0.717, 1.165) is 55.4 Å². The van der Waals surface area contributed by atoms with Gasteiger partial charge in [0.05, 0.1) is 35.2 Å². The van der Waals surface area contributed by atoms with Crippen LogP contribution in [0.25, 0.3) is 57.3 Å². The van der Waals surface area contributed by atoms with Gasteiger partial charge in [-0.1, -0.05) is 12.2 Å². The number of nitrogens with zero attached hydrogens (tertiary/aromatic N) is 6. The number of carbonyl (C=O) groups is 8. The molecule has 0 saturated carbocycles. The van der Waals surface area contributed by atoms with Crippen LogP contribution in [-0.2, 0) is 89.3 Å². The molecule has 6 atom stereocenters. The Labute approximate surface area is 439 Å². The first-order chi connectivity index (χ1) is 36.7. The van der Waals surface area contributed by atoms with E-state index < -0.39 is 133 Å². The fraction of sp³-hybridized carbons (Fsp3) is 0.400. The molecule has 0 bridgehead atoms. The van der Waals surface area contributed by atoms with Crippen molar-refractivity contribution in [2.45, 2.75) is 119 Å². The van der Waals surface area contributed by atoms with E-state index in [-0.39, 0.29) is 45.1 Å². The minimum atomic E-state index is -1.68. The summed E-state index contributed by atoms with van der Waals surface area (Å²) in [5.41, 5.74) is -1.94. The third-order valence-corrected chi connectivity index (χ3v) is 11.4. The Hall–Kier alpha value is -9.50. The summed E-state index contributed by atoms with van der Waals surface area (Å²) in [4.78, 5) is 173. The summed E-state index contributed by atoms with van der Waals surface area (Å²) in [6, 6.07) is 6.40. The van der Waals surface area contributed by atoms with E-state index in [2.05, 4.69) is 29.9 Å². The maximum absolute atomic E-state index is 13.3. The molecule has 2 aromatic rings. The van der Waals surface area contributed by atoms with Crippen molar-refractivity contribution in [1.82, 2.24) is 39.0 Å². The molecule has 28 nitrogen and oxygen atoms in total.